The monoisotopic (exact) mass is 277 g/mol. The smallest absolute Gasteiger partial charge is 0.244 e. The molecule has 1 amide bonds. The van der Waals surface area contributed by atoms with Crippen molar-refractivity contribution in [2.24, 2.45) is 0 Å². The first-order valence-electron chi connectivity index (χ1n) is 6.12. The van der Waals surface area contributed by atoms with Crippen LogP contribution in [0.25, 0.3) is 0 Å². The fourth-order valence-electron chi connectivity index (χ4n) is 1.88. The lowest BCUT2D eigenvalue weighted by Gasteiger charge is -2.10. The standard InChI is InChI=1S/C14H16ClN3O/c1-10(2)14-16-6-7-18(14)9-13(19)17-12-5-3-4-11(15)8-12/h3-8,10H,9H2,1-2H3,(H,17,19). The van der Waals surface area contributed by atoms with Gasteiger partial charge in [-0.15, -0.1) is 0 Å². The highest BCUT2D eigenvalue weighted by molar-refractivity contribution is 6.30. The third-order valence-electron chi connectivity index (χ3n) is 2.69. The summed E-state index contributed by atoms with van der Waals surface area (Å²) in [6, 6.07) is 7.09. The first-order valence-corrected chi connectivity index (χ1v) is 6.50. The summed E-state index contributed by atoms with van der Waals surface area (Å²) in [5, 5.41) is 3.42. The summed E-state index contributed by atoms with van der Waals surface area (Å²) >= 11 is 5.87. The molecule has 1 aromatic heterocycles. The number of amides is 1. The second-order valence-electron chi connectivity index (χ2n) is 4.63. The van der Waals surface area contributed by atoms with Crippen molar-refractivity contribution in [3.8, 4) is 0 Å². The van der Waals surface area contributed by atoms with Crippen LogP contribution in [0.2, 0.25) is 5.02 Å². The van der Waals surface area contributed by atoms with Gasteiger partial charge >= 0.3 is 0 Å². The summed E-state index contributed by atoms with van der Waals surface area (Å²) in [6.45, 7) is 4.35. The molecule has 2 aromatic rings. The predicted molar refractivity (Wildman–Crippen MR) is 76.4 cm³/mol. The number of carbonyl (C=O) groups is 1. The fraction of sp³-hybridized carbons (Fsp3) is 0.286. The first-order chi connectivity index (χ1) is 9.06. The van der Waals surface area contributed by atoms with E-state index in [1.54, 1.807) is 30.5 Å². The minimum absolute atomic E-state index is 0.0952. The number of aromatic nitrogens is 2. The summed E-state index contributed by atoms with van der Waals surface area (Å²) in [4.78, 5) is 16.2. The van der Waals surface area contributed by atoms with Gasteiger partial charge < -0.3 is 9.88 Å². The lowest BCUT2D eigenvalue weighted by Crippen LogP contribution is -2.20. The van der Waals surface area contributed by atoms with Gasteiger partial charge in [-0.2, -0.15) is 0 Å². The van der Waals surface area contributed by atoms with E-state index in [2.05, 4.69) is 10.3 Å². The van der Waals surface area contributed by atoms with Crippen LogP contribution in [-0.2, 0) is 11.3 Å². The Morgan fingerprint density at radius 2 is 2.26 bits per heavy atom. The number of benzene rings is 1. The van der Waals surface area contributed by atoms with Crippen molar-refractivity contribution in [2.75, 3.05) is 5.32 Å². The van der Waals surface area contributed by atoms with E-state index in [9.17, 15) is 4.79 Å². The molecule has 0 aliphatic heterocycles. The molecule has 100 valence electrons. The second kappa shape index (κ2) is 5.89. The van der Waals surface area contributed by atoms with E-state index >= 15 is 0 Å². The summed E-state index contributed by atoms with van der Waals surface area (Å²) in [6.07, 6.45) is 3.52. The summed E-state index contributed by atoms with van der Waals surface area (Å²) in [5.74, 6) is 1.09. The molecule has 0 aliphatic carbocycles. The van der Waals surface area contributed by atoms with Gasteiger partial charge in [0, 0.05) is 29.0 Å². The lowest BCUT2D eigenvalue weighted by atomic mass is 10.2. The molecule has 5 heteroatoms. The van der Waals surface area contributed by atoms with Crippen molar-refractivity contribution in [3.05, 3.63) is 47.5 Å². The van der Waals surface area contributed by atoms with Gasteiger partial charge in [0.1, 0.15) is 12.4 Å². The van der Waals surface area contributed by atoms with Gasteiger partial charge in [0.05, 0.1) is 0 Å². The van der Waals surface area contributed by atoms with Crippen LogP contribution in [0.4, 0.5) is 5.69 Å². The Hall–Kier alpha value is -1.81. The van der Waals surface area contributed by atoms with E-state index in [0.29, 0.717) is 10.7 Å². The number of halogens is 1. The van der Waals surface area contributed by atoms with Crippen LogP contribution in [0.15, 0.2) is 36.7 Å². The molecule has 0 aliphatic rings. The molecule has 2 rings (SSSR count). The Balaban J connectivity index is 2.03. The molecule has 0 bridgehead atoms. The molecule has 1 heterocycles. The maximum absolute atomic E-state index is 12.0. The fourth-order valence-corrected chi connectivity index (χ4v) is 2.07. The molecular weight excluding hydrogens is 262 g/mol. The summed E-state index contributed by atoms with van der Waals surface area (Å²) in [5.41, 5.74) is 0.698. The van der Waals surface area contributed by atoms with E-state index in [0.717, 1.165) is 5.82 Å². The van der Waals surface area contributed by atoms with E-state index < -0.39 is 0 Å². The average molecular weight is 278 g/mol. The van der Waals surface area contributed by atoms with Crippen LogP contribution in [0.3, 0.4) is 0 Å². The molecule has 0 saturated carbocycles. The van der Waals surface area contributed by atoms with Gasteiger partial charge in [0.2, 0.25) is 5.91 Å². The van der Waals surface area contributed by atoms with Crippen LogP contribution in [0, 0.1) is 0 Å². The van der Waals surface area contributed by atoms with E-state index in [4.69, 9.17) is 11.6 Å². The molecule has 1 aromatic carbocycles. The molecule has 0 radical (unpaired) electrons. The van der Waals surface area contributed by atoms with Crippen molar-refractivity contribution in [3.63, 3.8) is 0 Å². The zero-order chi connectivity index (χ0) is 13.8. The zero-order valence-electron chi connectivity index (χ0n) is 10.9. The molecule has 0 spiro atoms. The normalized spacial score (nSPS) is 10.7. The summed E-state index contributed by atoms with van der Waals surface area (Å²) < 4.78 is 1.85. The van der Waals surface area contributed by atoms with E-state index in [1.807, 2.05) is 24.6 Å². The minimum Gasteiger partial charge on any atom is -0.325 e. The van der Waals surface area contributed by atoms with Gasteiger partial charge in [-0.05, 0) is 18.2 Å². The molecule has 0 fully saturated rings. The molecule has 0 saturated heterocycles. The molecular formula is C14H16ClN3O. The molecule has 0 unspecified atom stereocenters. The first kappa shape index (κ1) is 13.6. The number of anilines is 1. The highest BCUT2D eigenvalue weighted by atomic mass is 35.5. The van der Waals surface area contributed by atoms with E-state index in [1.165, 1.54) is 0 Å². The highest BCUT2D eigenvalue weighted by Gasteiger charge is 2.10. The third-order valence-corrected chi connectivity index (χ3v) is 2.92. The maximum atomic E-state index is 12.0. The SMILES string of the molecule is CC(C)c1nccn1CC(=O)Nc1cccc(Cl)c1. The average Bonchev–Trinajstić information content (AvgIpc) is 2.76. The predicted octanol–water partition coefficient (Wildman–Crippen LogP) is 3.30. The number of imidazole rings is 1. The maximum Gasteiger partial charge on any atom is 0.244 e. The van der Waals surface area contributed by atoms with Crippen molar-refractivity contribution in [1.29, 1.82) is 0 Å². The van der Waals surface area contributed by atoms with Gasteiger partial charge in [-0.1, -0.05) is 31.5 Å². The zero-order valence-corrected chi connectivity index (χ0v) is 11.7. The number of nitrogens with zero attached hydrogens (tertiary/aromatic N) is 2. The Kier molecular flexibility index (Phi) is 4.22. The van der Waals surface area contributed by atoms with Crippen molar-refractivity contribution >= 4 is 23.2 Å². The number of hydrogen-bond donors (Lipinski definition) is 1. The number of carbonyl (C=O) groups excluding carboxylic acids is 1. The summed E-state index contributed by atoms with van der Waals surface area (Å²) in [7, 11) is 0. The van der Waals surface area contributed by atoms with Gasteiger partial charge in [0.25, 0.3) is 0 Å². The quantitative estimate of drug-likeness (QED) is 0.932. The van der Waals surface area contributed by atoms with Gasteiger partial charge in [-0.3, -0.25) is 4.79 Å². The van der Waals surface area contributed by atoms with Crippen molar-refractivity contribution < 1.29 is 4.79 Å². The Bertz CT molecular complexity index is 578. The molecule has 19 heavy (non-hydrogen) atoms. The second-order valence-corrected chi connectivity index (χ2v) is 5.06. The Labute approximate surface area is 117 Å². The van der Waals surface area contributed by atoms with Gasteiger partial charge in [-0.25, -0.2) is 4.98 Å². The Morgan fingerprint density at radius 3 is 2.95 bits per heavy atom. The lowest BCUT2D eigenvalue weighted by molar-refractivity contribution is -0.116. The highest BCUT2D eigenvalue weighted by Crippen LogP contribution is 2.15. The van der Waals surface area contributed by atoms with Crippen LogP contribution in [0.5, 0.6) is 0 Å². The third kappa shape index (κ3) is 3.58. The molecule has 0 atom stereocenters. The number of nitrogens with one attached hydrogen (secondary N) is 1. The number of rotatable bonds is 4. The van der Waals surface area contributed by atoms with Crippen molar-refractivity contribution in [2.45, 2.75) is 26.3 Å². The largest absolute Gasteiger partial charge is 0.325 e. The Morgan fingerprint density at radius 1 is 1.47 bits per heavy atom. The molecule has 1 N–H and O–H groups in total. The van der Waals surface area contributed by atoms with E-state index in [-0.39, 0.29) is 18.4 Å². The number of hydrogen-bond acceptors (Lipinski definition) is 2. The topological polar surface area (TPSA) is 46.9 Å². The van der Waals surface area contributed by atoms with Crippen LogP contribution < -0.4 is 5.32 Å². The molecule has 4 nitrogen and oxygen atoms in total. The van der Waals surface area contributed by atoms with Crippen LogP contribution >= 0.6 is 11.6 Å². The minimum atomic E-state index is -0.0952. The van der Waals surface area contributed by atoms with Gasteiger partial charge in [0.15, 0.2) is 0 Å². The van der Waals surface area contributed by atoms with Crippen LogP contribution in [0.1, 0.15) is 25.6 Å². The van der Waals surface area contributed by atoms with Crippen molar-refractivity contribution in [1.82, 2.24) is 9.55 Å². The van der Waals surface area contributed by atoms with Crippen LogP contribution in [-0.4, -0.2) is 15.5 Å².